The number of para-hydroxylation sites is 1. The van der Waals surface area contributed by atoms with Gasteiger partial charge in [-0.1, -0.05) is 164 Å². The summed E-state index contributed by atoms with van der Waals surface area (Å²) in [6.45, 7) is 0. The van der Waals surface area contributed by atoms with Crippen molar-refractivity contribution >= 4 is 81.6 Å². The van der Waals surface area contributed by atoms with Crippen LogP contribution in [0.4, 0.5) is 0 Å². The molecule has 3 heterocycles. The van der Waals surface area contributed by atoms with Crippen molar-refractivity contribution in [2.24, 2.45) is 0 Å². The van der Waals surface area contributed by atoms with E-state index in [0.29, 0.717) is 17.5 Å². The first-order chi connectivity index (χ1) is 30.8. The molecule has 0 N–H and O–H groups in total. The lowest BCUT2D eigenvalue weighted by Crippen LogP contribution is -2.04. The molecule has 1 aliphatic carbocycles. The van der Waals surface area contributed by atoms with Crippen molar-refractivity contribution in [2.75, 3.05) is 0 Å². The van der Waals surface area contributed by atoms with E-state index in [-0.39, 0.29) is 0 Å². The topological polar surface area (TPSA) is 48.5 Å². The lowest BCUT2D eigenvalue weighted by Gasteiger charge is -2.17. The third-order valence-corrected chi connectivity index (χ3v) is 12.8. The van der Waals surface area contributed by atoms with Gasteiger partial charge in [-0.2, -0.15) is 0 Å². The van der Waals surface area contributed by atoms with E-state index in [4.69, 9.17) is 15.0 Å². The lowest BCUT2D eigenvalue weighted by molar-refractivity contribution is 1.01. The van der Waals surface area contributed by atoms with Crippen LogP contribution in [0.2, 0.25) is 0 Å². The second-order valence-corrected chi connectivity index (χ2v) is 16.2. The fourth-order valence-corrected chi connectivity index (χ4v) is 10.0. The molecule has 62 heavy (non-hydrogen) atoms. The first-order valence-corrected chi connectivity index (χ1v) is 21.4. The Hall–Kier alpha value is -8.15. The van der Waals surface area contributed by atoms with E-state index in [0.717, 1.165) is 67.9 Å². The quantitative estimate of drug-likeness (QED) is 0.163. The second kappa shape index (κ2) is 13.7. The predicted molar refractivity (Wildman–Crippen MR) is 259 cm³/mol. The summed E-state index contributed by atoms with van der Waals surface area (Å²) in [5, 5.41) is 13.3. The largest absolute Gasteiger partial charge is 0.295 e. The number of aromatic nitrogens is 5. The van der Waals surface area contributed by atoms with Crippen molar-refractivity contribution in [1.82, 2.24) is 24.1 Å². The SMILES string of the molecule is C1=CC(n2c3c4ccccc4c4ccccc4c3c3c4ccccc4n(-c4ccc(-c5nc(-c6cccc7ccccc67)nc(-c6cccc7ccccc67)n5)cc4)c32)=CCC1. The molecule has 0 radical (unpaired) electrons. The van der Waals surface area contributed by atoms with Gasteiger partial charge in [0.15, 0.2) is 17.5 Å². The Bertz CT molecular complexity index is 3760. The van der Waals surface area contributed by atoms with Crippen LogP contribution >= 0.6 is 0 Å². The molecule has 0 spiro atoms. The molecule has 0 amide bonds. The monoisotopic (exact) mass is 791 g/mol. The maximum atomic E-state index is 5.24. The fraction of sp³-hybridized carbons (Fsp3) is 0.0351. The summed E-state index contributed by atoms with van der Waals surface area (Å²) >= 11 is 0. The molecule has 5 nitrogen and oxygen atoms in total. The van der Waals surface area contributed by atoms with Gasteiger partial charge in [-0.25, -0.2) is 15.0 Å². The van der Waals surface area contributed by atoms with Crippen LogP contribution in [0.5, 0.6) is 0 Å². The average molecular weight is 792 g/mol. The van der Waals surface area contributed by atoms with E-state index in [1.807, 2.05) is 0 Å². The molecule has 13 rings (SSSR count). The summed E-state index contributed by atoms with van der Waals surface area (Å²) in [7, 11) is 0. The van der Waals surface area contributed by atoms with Gasteiger partial charge in [-0.15, -0.1) is 0 Å². The molecule has 0 aliphatic heterocycles. The number of rotatable bonds is 5. The van der Waals surface area contributed by atoms with Gasteiger partial charge in [0.05, 0.1) is 11.0 Å². The summed E-state index contributed by atoms with van der Waals surface area (Å²) in [4.78, 5) is 15.7. The summed E-state index contributed by atoms with van der Waals surface area (Å²) in [6.07, 6.45) is 9.06. The highest BCUT2D eigenvalue weighted by Gasteiger charge is 2.26. The van der Waals surface area contributed by atoms with Crippen molar-refractivity contribution < 1.29 is 0 Å². The molecular weight excluding hydrogens is 755 g/mol. The summed E-state index contributed by atoms with van der Waals surface area (Å²) in [5.74, 6) is 1.92. The Balaban J connectivity index is 1.07. The van der Waals surface area contributed by atoms with E-state index < -0.39 is 0 Å². The van der Waals surface area contributed by atoms with Crippen molar-refractivity contribution in [3.8, 4) is 39.9 Å². The Kier molecular flexibility index (Phi) is 7.66. The van der Waals surface area contributed by atoms with Gasteiger partial charge >= 0.3 is 0 Å². The van der Waals surface area contributed by atoms with Crippen LogP contribution in [-0.4, -0.2) is 24.1 Å². The highest BCUT2D eigenvalue weighted by molar-refractivity contribution is 6.36. The van der Waals surface area contributed by atoms with Gasteiger partial charge in [0.25, 0.3) is 0 Å². The molecule has 0 saturated carbocycles. The van der Waals surface area contributed by atoms with Crippen molar-refractivity contribution in [3.05, 3.63) is 200 Å². The smallest absolute Gasteiger partial charge is 0.164 e. The van der Waals surface area contributed by atoms with Crippen LogP contribution in [-0.2, 0) is 0 Å². The molecule has 3 aromatic heterocycles. The molecule has 1 aliphatic rings. The molecule has 0 bridgehead atoms. The highest BCUT2D eigenvalue weighted by Crippen LogP contribution is 2.47. The average Bonchev–Trinajstić information content (AvgIpc) is 3.87. The fourth-order valence-electron chi connectivity index (χ4n) is 10.0. The third kappa shape index (κ3) is 5.18. The molecule has 5 heteroatoms. The predicted octanol–water partition coefficient (Wildman–Crippen LogP) is 14.7. The number of benzene rings is 9. The zero-order valence-electron chi connectivity index (χ0n) is 33.7. The Morgan fingerprint density at radius 1 is 0.387 bits per heavy atom. The Morgan fingerprint density at radius 3 is 1.56 bits per heavy atom. The van der Waals surface area contributed by atoms with Crippen molar-refractivity contribution in [1.29, 1.82) is 0 Å². The van der Waals surface area contributed by atoms with E-state index in [1.54, 1.807) is 0 Å². The van der Waals surface area contributed by atoms with Gasteiger partial charge in [-0.3, -0.25) is 9.13 Å². The summed E-state index contributed by atoms with van der Waals surface area (Å²) < 4.78 is 4.99. The van der Waals surface area contributed by atoms with Gasteiger partial charge < -0.3 is 0 Å². The van der Waals surface area contributed by atoms with E-state index in [2.05, 4.69) is 209 Å². The molecule has 290 valence electrons. The van der Waals surface area contributed by atoms with Gasteiger partial charge in [0.2, 0.25) is 0 Å². The molecule has 0 fully saturated rings. The van der Waals surface area contributed by atoms with Crippen LogP contribution in [0.3, 0.4) is 0 Å². The minimum absolute atomic E-state index is 0.629. The standard InChI is InChI=1S/C57H37N5/c1-2-20-39(21-3-1)62-53-46-27-11-9-25-44(46)43-24-8-10-26-45(43)51(53)52-49-28-12-13-31-50(49)61(57(52)62)40-34-32-38(33-35-40)54-58-55(47-29-14-18-36-16-4-6-22-41(36)47)60-56(59-54)48-30-15-19-37-17-5-7-23-42(37)48/h2,4-35H,1,3H2. The molecule has 12 aromatic rings. The minimum atomic E-state index is 0.629. The summed E-state index contributed by atoms with van der Waals surface area (Å²) in [6, 6.07) is 65.0. The van der Waals surface area contributed by atoms with Crippen LogP contribution in [0, 0.1) is 0 Å². The van der Waals surface area contributed by atoms with Gasteiger partial charge in [0, 0.05) is 49.6 Å². The molecule has 0 saturated heterocycles. The number of allylic oxidation sites excluding steroid dienone is 4. The zero-order valence-corrected chi connectivity index (χ0v) is 33.7. The molecule has 0 unspecified atom stereocenters. The lowest BCUT2D eigenvalue weighted by atomic mass is 9.96. The highest BCUT2D eigenvalue weighted by atomic mass is 15.1. The van der Waals surface area contributed by atoms with Gasteiger partial charge in [-0.05, 0) is 87.0 Å². The Labute approximate surface area is 357 Å². The first kappa shape index (κ1) is 34.7. The van der Waals surface area contributed by atoms with E-state index in [1.165, 1.54) is 48.9 Å². The Morgan fingerprint density at radius 2 is 0.919 bits per heavy atom. The first-order valence-electron chi connectivity index (χ1n) is 21.4. The number of hydrogen-bond donors (Lipinski definition) is 0. The van der Waals surface area contributed by atoms with Crippen LogP contribution < -0.4 is 0 Å². The number of hydrogen-bond acceptors (Lipinski definition) is 3. The number of nitrogens with zero attached hydrogens (tertiary/aromatic N) is 5. The minimum Gasteiger partial charge on any atom is -0.295 e. The van der Waals surface area contributed by atoms with Crippen LogP contribution in [0.15, 0.2) is 200 Å². The maximum absolute atomic E-state index is 5.24. The summed E-state index contributed by atoms with van der Waals surface area (Å²) in [5.41, 5.74) is 8.70. The molecule has 0 atom stereocenters. The van der Waals surface area contributed by atoms with Crippen LogP contribution in [0.1, 0.15) is 12.8 Å². The van der Waals surface area contributed by atoms with Crippen LogP contribution in [0.25, 0.3) is 121 Å². The van der Waals surface area contributed by atoms with Crippen molar-refractivity contribution in [3.63, 3.8) is 0 Å². The van der Waals surface area contributed by atoms with Crippen molar-refractivity contribution in [2.45, 2.75) is 12.8 Å². The van der Waals surface area contributed by atoms with Gasteiger partial charge in [0.1, 0.15) is 5.65 Å². The number of fused-ring (bicyclic) bond motifs is 12. The normalized spacial score (nSPS) is 13.1. The third-order valence-electron chi connectivity index (χ3n) is 12.8. The maximum Gasteiger partial charge on any atom is 0.164 e. The molecule has 9 aromatic carbocycles. The zero-order chi connectivity index (χ0) is 40.7. The van der Waals surface area contributed by atoms with E-state index in [9.17, 15) is 0 Å². The molecular formula is C57H37N5. The van der Waals surface area contributed by atoms with E-state index >= 15 is 0 Å². The second-order valence-electron chi connectivity index (χ2n) is 16.2.